The molecule has 1 atom stereocenters. The minimum Gasteiger partial charge on any atom is -0.349 e. The van der Waals surface area contributed by atoms with E-state index in [2.05, 4.69) is 16.8 Å². The van der Waals surface area contributed by atoms with Gasteiger partial charge in [-0.2, -0.15) is 5.26 Å². The molecule has 1 N–H and O–H groups in total. The number of nitriles is 1. The molecule has 0 radical (unpaired) electrons. The number of nitrogens with zero attached hydrogens (tertiary/aromatic N) is 2. The van der Waals surface area contributed by atoms with Crippen molar-refractivity contribution in [2.75, 3.05) is 0 Å². The predicted molar refractivity (Wildman–Crippen MR) is 101 cm³/mol. The van der Waals surface area contributed by atoms with Crippen LogP contribution in [0.2, 0.25) is 0 Å². The first kappa shape index (κ1) is 19.5. The van der Waals surface area contributed by atoms with Crippen molar-refractivity contribution in [3.05, 3.63) is 64.2 Å². The lowest BCUT2D eigenvalue weighted by atomic mass is 10.1. The maximum atomic E-state index is 13.0. The first-order chi connectivity index (χ1) is 12.4. The van der Waals surface area contributed by atoms with Crippen LogP contribution in [0.1, 0.15) is 48.8 Å². The van der Waals surface area contributed by atoms with Crippen molar-refractivity contribution in [2.45, 2.75) is 46.7 Å². The molecule has 1 amide bonds. The highest BCUT2D eigenvalue weighted by atomic mass is 19.1. The fourth-order valence-electron chi connectivity index (χ4n) is 2.95. The van der Waals surface area contributed by atoms with Gasteiger partial charge in [-0.3, -0.25) is 4.79 Å². The molecule has 0 aliphatic carbocycles. The van der Waals surface area contributed by atoms with Crippen LogP contribution in [-0.2, 0) is 11.3 Å². The second-order valence-electron chi connectivity index (χ2n) is 6.39. The zero-order valence-electron chi connectivity index (χ0n) is 15.6. The SMILES string of the molecule is CCCn1c(C)cc(/C=C(\C#N)C(=O)NC(C)c2ccc(F)cc2)c1C. The van der Waals surface area contributed by atoms with Crippen molar-refractivity contribution in [1.29, 1.82) is 5.26 Å². The normalized spacial score (nSPS) is 12.5. The number of hydrogen-bond donors (Lipinski definition) is 1. The molecule has 1 heterocycles. The summed E-state index contributed by atoms with van der Waals surface area (Å²) in [6.45, 7) is 8.82. The summed E-state index contributed by atoms with van der Waals surface area (Å²) < 4.78 is 15.2. The van der Waals surface area contributed by atoms with Crippen LogP contribution in [0, 0.1) is 31.0 Å². The van der Waals surface area contributed by atoms with E-state index in [1.807, 2.05) is 26.0 Å². The molecule has 0 aliphatic rings. The Bertz CT molecular complexity index is 857. The van der Waals surface area contributed by atoms with Crippen molar-refractivity contribution in [3.8, 4) is 6.07 Å². The maximum Gasteiger partial charge on any atom is 0.262 e. The van der Waals surface area contributed by atoms with Gasteiger partial charge in [-0.05, 0) is 62.6 Å². The number of benzene rings is 1. The molecule has 0 saturated carbocycles. The predicted octanol–water partition coefficient (Wildman–Crippen LogP) is 4.44. The first-order valence-electron chi connectivity index (χ1n) is 8.72. The third kappa shape index (κ3) is 4.40. The molecule has 2 aromatic rings. The summed E-state index contributed by atoms with van der Waals surface area (Å²) in [7, 11) is 0. The zero-order chi connectivity index (χ0) is 19.3. The lowest BCUT2D eigenvalue weighted by Crippen LogP contribution is -2.27. The minimum atomic E-state index is -0.440. The van der Waals surface area contributed by atoms with Gasteiger partial charge in [0.1, 0.15) is 17.5 Å². The molecule has 0 fully saturated rings. The van der Waals surface area contributed by atoms with Crippen LogP contribution >= 0.6 is 0 Å². The monoisotopic (exact) mass is 353 g/mol. The Balaban J connectivity index is 2.21. The molecule has 1 unspecified atom stereocenters. The average Bonchev–Trinajstić information content (AvgIpc) is 2.87. The van der Waals surface area contributed by atoms with Crippen molar-refractivity contribution >= 4 is 12.0 Å². The van der Waals surface area contributed by atoms with Gasteiger partial charge < -0.3 is 9.88 Å². The van der Waals surface area contributed by atoms with Crippen molar-refractivity contribution in [2.24, 2.45) is 0 Å². The molecule has 0 aliphatic heterocycles. The van der Waals surface area contributed by atoms with Crippen LogP contribution in [0.4, 0.5) is 4.39 Å². The standard InChI is InChI=1S/C21H24FN3O/c1-5-10-25-14(2)11-18(16(25)4)12-19(13-23)21(26)24-15(3)17-6-8-20(22)9-7-17/h6-9,11-12,15H,5,10H2,1-4H3,(H,24,26)/b19-12+. The van der Waals surface area contributed by atoms with E-state index >= 15 is 0 Å². The van der Waals surface area contributed by atoms with Gasteiger partial charge in [0.25, 0.3) is 5.91 Å². The average molecular weight is 353 g/mol. The summed E-state index contributed by atoms with van der Waals surface area (Å²) >= 11 is 0. The van der Waals surface area contributed by atoms with Crippen molar-refractivity contribution in [1.82, 2.24) is 9.88 Å². The third-order valence-electron chi connectivity index (χ3n) is 4.44. The number of nitrogens with one attached hydrogen (secondary N) is 1. The van der Waals surface area contributed by atoms with Gasteiger partial charge >= 0.3 is 0 Å². The van der Waals surface area contributed by atoms with Crippen LogP contribution in [0.3, 0.4) is 0 Å². The third-order valence-corrected chi connectivity index (χ3v) is 4.44. The Labute approximate surface area is 154 Å². The number of hydrogen-bond acceptors (Lipinski definition) is 2. The fraction of sp³-hybridized carbons (Fsp3) is 0.333. The van der Waals surface area contributed by atoms with Crippen LogP contribution in [0.25, 0.3) is 6.08 Å². The van der Waals surface area contributed by atoms with Crippen LogP contribution in [0.15, 0.2) is 35.9 Å². The van der Waals surface area contributed by atoms with Gasteiger partial charge in [-0.1, -0.05) is 19.1 Å². The van der Waals surface area contributed by atoms with Crippen LogP contribution in [-0.4, -0.2) is 10.5 Å². The summed E-state index contributed by atoms with van der Waals surface area (Å²) in [6, 6.07) is 9.58. The Morgan fingerprint density at radius 1 is 1.35 bits per heavy atom. The molecule has 0 bridgehead atoms. The Morgan fingerprint density at radius 3 is 2.58 bits per heavy atom. The number of aromatic nitrogens is 1. The molecule has 26 heavy (non-hydrogen) atoms. The Morgan fingerprint density at radius 2 is 2.00 bits per heavy atom. The lowest BCUT2D eigenvalue weighted by molar-refractivity contribution is -0.117. The van der Waals surface area contributed by atoms with E-state index in [1.165, 1.54) is 12.1 Å². The van der Waals surface area contributed by atoms with E-state index in [4.69, 9.17) is 0 Å². The highest BCUT2D eigenvalue weighted by molar-refractivity contribution is 6.02. The summed E-state index contributed by atoms with van der Waals surface area (Å²) in [4.78, 5) is 12.5. The zero-order valence-corrected chi connectivity index (χ0v) is 15.6. The highest BCUT2D eigenvalue weighted by Gasteiger charge is 2.15. The molecule has 1 aromatic carbocycles. The van der Waals surface area contributed by atoms with Gasteiger partial charge in [0.05, 0.1) is 6.04 Å². The molecule has 0 saturated heterocycles. The molecule has 1 aromatic heterocycles. The Kier molecular flexibility index (Phi) is 6.35. The topological polar surface area (TPSA) is 57.8 Å². The van der Waals surface area contributed by atoms with E-state index in [0.717, 1.165) is 35.5 Å². The first-order valence-corrected chi connectivity index (χ1v) is 8.72. The number of amides is 1. The minimum absolute atomic E-state index is 0.0516. The maximum absolute atomic E-state index is 13.0. The molecular weight excluding hydrogens is 329 g/mol. The van der Waals surface area contributed by atoms with E-state index in [9.17, 15) is 14.4 Å². The number of carbonyl (C=O) groups excluding carboxylic acids is 1. The van der Waals surface area contributed by atoms with Gasteiger partial charge in [-0.25, -0.2) is 4.39 Å². The Hall–Kier alpha value is -2.87. The van der Waals surface area contributed by atoms with E-state index in [1.54, 1.807) is 25.1 Å². The largest absolute Gasteiger partial charge is 0.349 e. The molecule has 5 heteroatoms. The highest BCUT2D eigenvalue weighted by Crippen LogP contribution is 2.19. The summed E-state index contributed by atoms with van der Waals surface area (Å²) in [5.41, 5.74) is 3.84. The van der Waals surface area contributed by atoms with Gasteiger partial charge in [0, 0.05) is 17.9 Å². The quantitative estimate of drug-likeness (QED) is 0.616. The summed E-state index contributed by atoms with van der Waals surface area (Å²) in [6.07, 6.45) is 2.64. The molecule has 0 spiro atoms. The van der Waals surface area contributed by atoms with Crippen LogP contribution < -0.4 is 5.32 Å². The van der Waals surface area contributed by atoms with Gasteiger partial charge in [0.15, 0.2) is 0 Å². The number of carbonyl (C=O) groups is 1. The molecule has 136 valence electrons. The van der Waals surface area contributed by atoms with Gasteiger partial charge in [0.2, 0.25) is 0 Å². The summed E-state index contributed by atoms with van der Waals surface area (Å²) in [5.74, 6) is -0.767. The second-order valence-corrected chi connectivity index (χ2v) is 6.39. The number of rotatable bonds is 6. The molecule has 2 rings (SSSR count). The number of aryl methyl sites for hydroxylation is 1. The molecule has 4 nitrogen and oxygen atoms in total. The van der Waals surface area contributed by atoms with E-state index in [-0.39, 0.29) is 17.4 Å². The molecular formula is C21H24FN3O. The summed E-state index contributed by atoms with van der Waals surface area (Å²) in [5, 5.41) is 12.2. The smallest absolute Gasteiger partial charge is 0.262 e. The van der Waals surface area contributed by atoms with Gasteiger partial charge in [-0.15, -0.1) is 0 Å². The van der Waals surface area contributed by atoms with E-state index < -0.39 is 5.91 Å². The number of halogens is 1. The van der Waals surface area contributed by atoms with Crippen LogP contribution in [0.5, 0.6) is 0 Å². The lowest BCUT2D eigenvalue weighted by Gasteiger charge is -2.14. The fourth-order valence-corrected chi connectivity index (χ4v) is 2.95. The van der Waals surface area contributed by atoms with E-state index in [0.29, 0.717) is 0 Å². The van der Waals surface area contributed by atoms with Crippen molar-refractivity contribution in [3.63, 3.8) is 0 Å². The van der Waals surface area contributed by atoms with Crippen molar-refractivity contribution < 1.29 is 9.18 Å². The second kappa shape index (κ2) is 8.48.